The molecule has 0 aromatic rings. The number of terminal acetylenes is 1. The van der Waals surface area contributed by atoms with Crippen LogP contribution in [0.2, 0.25) is 0 Å². The Kier molecular flexibility index (Phi) is 4.53. The number of hydrogen-bond acceptors (Lipinski definition) is 2. The van der Waals surface area contributed by atoms with Crippen LogP contribution in [0.25, 0.3) is 0 Å². The summed E-state index contributed by atoms with van der Waals surface area (Å²) in [7, 11) is 0. The van der Waals surface area contributed by atoms with Gasteiger partial charge in [-0.1, -0.05) is 5.92 Å². The number of carbonyl (C=O) groups excluding carboxylic acids is 1. The Balaban J connectivity index is 2.93. The van der Waals surface area contributed by atoms with E-state index in [4.69, 9.17) is 11.5 Å². The highest BCUT2D eigenvalue weighted by molar-refractivity contribution is 5.80. The van der Waals surface area contributed by atoms with Crippen molar-refractivity contribution in [3.8, 4) is 12.3 Å². The lowest BCUT2D eigenvalue weighted by molar-refractivity contribution is -0.227. The second kappa shape index (κ2) is 5.61. The third-order valence-electron chi connectivity index (χ3n) is 3.43. The van der Waals surface area contributed by atoms with E-state index in [0.717, 1.165) is 4.90 Å². The molecule has 8 heteroatoms. The largest absolute Gasteiger partial charge is 0.481 e. The number of alkyl halides is 3. The van der Waals surface area contributed by atoms with Gasteiger partial charge in [0.1, 0.15) is 0 Å². The van der Waals surface area contributed by atoms with Gasteiger partial charge in [-0.15, -0.1) is 6.42 Å². The summed E-state index contributed by atoms with van der Waals surface area (Å²) < 4.78 is 38.9. The third kappa shape index (κ3) is 2.66. The number of urea groups is 1. The third-order valence-corrected chi connectivity index (χ3v) is 3.43. The van der Waals surface area contributed by atoms with Crippen LogP contribution in [0.1, 0.15) is 13.3 Å². The van der Waals surface area contributed by atoms with E-state index in [0.29, 0.717) is 0 Å². The van der Waals surface area contributed by atoms with Crippen LogP contribution in [0.15, 0.2) is 0 Å². The molecule has 5 nitrogen and oxygen atoms in total. The van der Waals surface area contributed by atoms with Gasteiger partial charge in [-0.25, -0.2) is 4.79 Å². The number of rotatable bonds is 3. The highest BCUT2D eigenvalue weighted by atomic mass is 19.4. The lowest BCUT2D eigenvalue weighted by atomic mass is 9.86. The molecule has 2 amide bonds. The van der Waals surface area contributed by atoms with E-state index >= 15 is 0 Å². The molecule has 1 rings (SSSR count). The van der Waals surface area contributed by atoms with Crippen molar-refractivity contribution in [3.05, 3.63) is 0 Å². The molecule has 0 aromatic heterocycles. The minimum atomic E-state index is -4.91. The van der Waals surface area contributed by atoms with Gasteiger partial charge in [0.15, 0.2) is 5.41 Å². The molecule has 0 spiro atoms. The van der Waals surface area contributed by atoms with E-state index < -0.39 is 36.6 Å². The molecular formula is C12H15F3N2O3. The van der Waals surface area contributed by atoms with Crippen molar-refractivity contribution in [1.29, 1.82) is 0 Å². The highest BCUT2D eigenvalue weighted by Gasteiger charge is 2.64. The molecule has 0 aliphatic carbocycles. The lowest BCUT2D eigenvalue weighted by Gasteiger charge is -2.29. The molecular weight excluding hydrogens is 277 g/mol. The van der Waals surface area contributed by atoms with Gasteiger partial charge in [0.25, 0.3) is 0 Å². The van der Waals surface area contributed by atoms with Crippen LogP contribution in [0.4, 0.5) is 18.0 Å². The van der Waals surface area contributed by atoms with E-state index in [1.165, 1.54) is 4.90 Å². The van der Waals surface area contributed by atoms with Crippen molar-refractivity contribution in [2.75, 3.05) is 26.2 Å². The summed E-state index contributed by atoms with van der Waals surface area (Å²) in [5, 5.41) is 8.89. The summed E-state index contributed by atoms with van der Waals surface area (Å²) in [5.74, 6) is 0.279. The van der Waals surface area contributed by atoms with Gasteiger partial charge in [-0.3, -0.25) is 4.79 Å². The molecule has 1 aliphatic rings. The number of hydrogen-bond donors (Lipinski definition) is 1. The van der Waals surface area contributed by atoms with Gasteiger partial charge < -0.3 is 14.9 Å². The Morgan fingerprint density at radius 2 is 2.10 bits per heavy atom. The van der Waals surface area contributed by atoms with E-state index in [2.05, 4.69) is 5.92 Å². The van der Waals surface area contributed by atoms with Crippen LogP contribution >= 0.6 is 0 Å². The fraction of sp³-hybridized carbons (Fsp3) is 0.667. The molecule has 20 heavy (non-hydrogen) atoms. The number of aliphatic carboxylic acids is 1. The summed E-state index contributed by atoms with van der Waals surface area (Å²) >= 11 is 0. The maximum absolute atomic E-state index is 13.0. The Morgan fingerprint density at radius 3 is 2.45 bits per heavy atom. The summed E-state index contributed by atoms with van der Waals surface area (Å²) in [6.07, 6.45) is -0.478. The average Bonchev–Trinajstić information content (AvgIpc) is 2.81. The Hall–Kier alpha value is -1.91. The first-order chi connectivity index (χ1) is 9.19. The monoisotopic (exact) mass is 292 g/mol. The predicted octanol–water partition coefficient (Wildman–Crippen LogP) is 1.40. The average molecular weight is 292 g/mol. The van der Waals surface area contributed by atoms with E-state index in [-0.39, 0.29) is 19.6 Å². The van der Waals surface area contributed by atoms with E-state index in [1.54, 1.807) is 6.92 Å². The van der Waals surface area contributed by atoms with Crippen LogP contribution in [-0.4, -0.2) is 59.3 Å². The number of likely N-dealkylation sites (tertiary alicyclic amines) is 1. The van der Waals surface area contributed by atoms with Crippen molar-refractivity contribution in [2.45, 2.75) is 19.5 Å². The molecule has 1 saturated heterocycles. The quantitative estimate of drug-likeness (QED) is 0.800. The fourth-order valence-corrected chi connectivity index (χ4v) is 2.13. The van der Waals surface area contributed by atoms with Gasteiger partial charge in [-0.05, 0) is 13.3 Å². The van der Waals surface area contributed by atoms with Crippen molar-refractivity contribution < 1.29 is 27.9 Å². The maximum atomic E-state index is 13.0. The molecule has 1 heterocycles. The molecule has 0 bridgehead atoms. The highest BCUT2D eigenvalue weighted by Crippen LogP contribution is 2.45. The van der Waals surface area contributed by atoms with E-state index in [1.807, 2.05) is 0 Å². The molecule has 1 aliphatic heterocycles. The second-order valence-corrected chi connectivity index (χ2v) is 4.56. The Labute approximate surface area is 114 Å². The van der Waals surface area contributed by atoms with Crippen LogP contribution in [0.3, 0.4) is 0 Å². The summed E-state index contributed by atoms with van der Waals surface area (Å²) in [4.78, 5) is 25.1. The van der Waals surface area contributed by atoms with E-state index in [9.17, 15) is 22.8 Å². The van der Waals surface area contributed by atoms with Crippen LogP contribution in [0.5, 0.6) is 0 Å². The molecule has 1 atom stereocenters. The summed E-state index contributed by atoms with van der Waals surface area (Å²) in [6, 6.07) is -0.669. The Bertz CT molecular complexity index is 444. The minimum absolute atomic E-state index is 0.0298. The summed E-state index contributed by atoms with van der Waals surface area (Å²) in [5.41, 5.74) is -2.89. The summed E-state index contributed by atoms with van der Waals surface area (Å²) in [6.45, 7) is 0.709. The number of carboxylic acid groups (broad SMARTS) is 1. The standard InChI is InChI=1S/C12H15F3N2O3/c1-3-6-16(4-2)10(20)17-7-5-11(8-17,9(18)19)12(13,14)15/h1H,4-8H2,2H3,(H,18,19). The van der Waals surface area contributed by atoms with Gasteiger partial charge in [0, 0.05) is 19.6 Å². The topological polar surface area (TPSA) is 60.9 Å². The van der Waals surface area contributed by atoms with Gasteiger partial charge in [-0.2, -0.15) is 13.2 Å². The smallest absolute Gasteiger partial charge is 0.406 e. The van der Waals surface area contributed by atoms with Crippen molar-refractivity contribution in [1.82, 2.24) is 9.80 Å². The van der Waals surface area contributed by atoms with Gasteiger partial charge >= 0.3 is 18.2 Å². The molecule has 1 unspecified atom stereocenters. The predicted molar refractivity (Wildman–Crippen MR) is 63.8 cm³/mol. The molecule has 0 aromatic carbocycles. The number of amides is 2. The van der Waals surface area contributed by atoms with Crippen LogP contribution in [0, 0.1) is 17.8 Å². The molecule has 1 N–H and O–H groups in total. The number of halogens is 3. The SMILES string of the molecule is C#CCN(CC)C(=O)N1CCC(C(=O)O)(C(F)(F)F)C1. The van der Waals surface area contributed by atoms with Gasteiger partial charge in [0.2, 0.25) is 0 Å². The number of carboxylic acids is 1. The lowest BCUT2D eigenvalue weighted by Crippen LogP contribution is -2.49. The second-order valence-electron chi connectivity index (χ2n) is 4.56. The van der Waals surface area contributed by atoms with Crippen molar-refractivity contribution in [2.24, 2.45) is 5.41 Å². The molecule has 0 saturated carbocycles. The fourth-order valence-electron chi connectivity index (χ4n) is 2.13. The van der Waals surface area contributed by atoms with Crippen molar-refractivity contribution >= 4 is 12.0 Å². The molecule has 1 fully saturated rings. The van der Waals surface area contributed by atoms with Crippen LogP contribution < -0.4 is 0 Å². The minimum Gasteiger partial charge on any atom is -0.481 e. The zero-order valence-corrected chi connectivity index (χ0v) is 10.9. The molecule has 0 radical (unpaired) electrons. The van der Waals surface area contributed by atoms with Crippen LogP contribution in [-0.2, 0) is 4.79 Å². The van der Waals surface area contributed by atoms with Gasteiger partial charge in [0.05, 0.1) is 6.54 Å². The first-order valence-corrected chi connectivity index (χ1v) is 5.97. The zero-order valence-electron chi connectivity index (χ0n) is 10.9. The number of nitrogens with zero attached hydrogens (tertiary/aromatic N) is 2. The Morgan fingerprint density at radius 1 is 1.50 bits per heavy atom. The molecule has 112 valence electrons. The first-order valence-electron chi connectivity index (χ1n) is 5.97. The normalized spacial score (nSPS) is 22.4. The first kappa shape index (κ1) is 16.1. The van der Waals surface area contributed by atoms with Crippen molar-refractivity contribution in [3.63, 3.8) is 0 Å². The zero-order chi connectivity index (χ0) is 15.6. The maximum Gasteiger partial charge on any atom is 0.406 e. The number of carbonyl (C=O) groups is 2.